The molecule has 1 aromatic rings. The highest BCUT2D eigenvalue weighted by molar-refractivity contribution is 7.91. The first-order valence-electron chi connectivity index (χ1n) is 6.56. The van der Waals surface area contributed by atoms with Crippen LogP contribution in [-0.2, 0) is 16.4 Å². The molecule has 2 rings (SSSR count). The summed E-state index contributed by atoms with van der Waals surface area (Å²) in [6.07, 6.45) is 1.21. The van der Waals surface area contributed by atoms with E-state index in [1.807, 2.05) is 6.07 Å². The van der Waals surface area contributed by atoms with E-state index in [1.165, 1.54) is 6.07 Å². The molecule has 6 nitrogen and oxygen atoms in total. The quantitative estimate of drug-likeness (QED) is 0.673. The van der Waals surface area contributed by atoms with Gasteiger partial charge in [-0.3, -0.25) is 10.1 Å². The summed E-state index contributed by atoms with van der Waals surface area (Å²) in [5.74, 6) is 0.442. The Labute approximate surface area is 118 Å². The highest BCUT2D eigenvalue weighted by Gasteiger charge is 2.23. The Kier molecular flexibility index (Phi) is 4.39. The predicted molar refractivity (Wildman–Crippen MR) is 76.3 cm³/mol. The number of benzene rings is 1. The summed E-state index contributed by atoms with van der Waals surface area (Å²) in [6.45, 7) is 2.26. The van der Waals surface area contributed by atoms with Crippen LogP contribution in [0.25, 0.3) is 0 Å². The van der Waals surface area contributed by atoms with Gasteiger partial charge in [0, 0.05) is 24.2 Å². The van der Waals surface area contributed by atoms with Crippen molar-refractivity contribution in [3.8, 4) is 0 Å². The monoisotopic (exact) mass is 298 g/mol. The molecule has 0 saturated carbocycles. The molecule has 0 bridgehead atoms. The van der Waals surface area contributed by atoms with Gasteiger partial charge in [-0.25, -0.2) is 8.42 Å². The van der Waals surface area contributed by atoms with Gasteiger partial charge in [-0.2, -0.15) is 0 Å². The van der Waals surface area contributed by atoms with E-state index >= 15 is 0 Å². The molecule has 1 aliphatic heterocycles. The van der Waals surface area contributed by atoms with Gasteiger partial charge >= 0.3 is 0 Å². The van der Waals surface area contributed by atoms with E-state index in [1.54, 1.807) is 13.0 Å². The maximum atomic E-state index is 11.3. The molecule has 20 heavy (non-hydrogen) atoms. The summed E-state index contributed by atoms with van der Waals surface area (Å²) in [5, 5.41) is 14.2. The smallest absolute Gasteiger partial charge is 0.272 e. The molecule has 110 valence electrons. The van der Waals surface area contributed by atoms with Gasteiger partial charge in [-0.15, -0.1) is 0 Å². The summed E-state index contributed by atoms with van der Waals surface area (Å²) in [7, 11) is -2.85. The van der Waals surface area contributed by atoms with Crippen LogP contribution in [-0.4, -0.2) is 30.9 Å². The van der Waals surface area contributed by atoms with Gasteiger partial charge in [0.1, 0.15) is 9.84 Å². The SMILES string of the molecule is Cc1c(CNC2CCS(=O)(=O)CC2)cccc1[N+](=O)[O-]. The fourth-order valence-corrected chi connectivity index (χ4v) is 3.90. The summed E-state index contributed by atoms with van der Waals surface area (Å²) in [4.78, 5) is 10.5. The standard InChI is InChI=1S/C13H18N2O4S/c1-10-11(3-2-4-13(10)15(16)17)9-14-12-5-7-20(18,19)8-6-12/h2-4,12,14H,5-9H2,1H3. The van der Waals surface area contributed by atoms with Crippen molar-refractivity contribution in [3.05, 3.63) is 39.4 Å². The first-order chi connectivity index (χ1) is 9.39. The summed E-state index contributed by atoms with van der Waals surface area (Å²) >= 11 is 0. The third kappa shape index (κ3) is 3.55. The second-order valence-corrected chi connectivity index (χ2v) is 7.43. The van der Waals surface area contributed by atoms with E-state index in [9.17, 15) is 18.5 Å². The van der Waals surface area contributed by atoms with E-state index in [0.717, 1.165) is 5.56 Å². The third-order valence-corrected chi connectivity index (χ3v) is 5.47. The largest absolute Gasteiger partial charge is 0.310 e. The van der Waals surface area contributed by atoms with Gasteiger partial charge in [0.25, 0.3) is 5.69 Å². The maximum absolute atomic E-state index is 11.3. The molecule has 0 aromatic heterocycles. The van der Waals surface area contributed by atoms with E-state index in [4.69, 9.17) is 0 Å². The number of nitrogens with zero attached hydrogens (tertiary/aromatic N) is 1. The lowest BCUT2D eigenvalue weighted by molar-refractivity contribution is -0.385. The number of hydrogen-bond acceptors (Lipinski definition) is 5. The van der Waals surface area contributed by atoms with Crippen molar-refractivity contribution in [1.29, 1.82) is 0 Å². The molecule has 1 N–H and O–H groups in total. The lowest BCUT2D eigenvalue weighted by atomic mass is 10.1. The first kappa shape index (κ1) is 14.9. The Balaban J connectivity index is 1.98. The van der Waals surface area contributed by atoms with Gasteiger partial charge in [0.2, 0.25) is 0 Å². The average molecular weight is 298 g/mol. The van der Waals surface area contributed by atoms with Crippen LogP contribution in [0.5, 0.6) is 0 Å². The Hall–Kier alpha value is -1.47. The fraction of sp³-hybridized carbons (Fsp3) is 0.538. The van der Waals surface area contributed by atoms with Crippen molar-refractivity contribution in [2.45, 2.75) is 32.4 Å². The maximum Gasteiger partial charge on any atom is 0.272 e. The van der Waals surface area contributed by atoms with Gasteiger partial charge in [-0.1, -0.05) is 12.1 Å². The lowest BCUT2D eigenvalue weighted by Crippen LogP contribution is -2.37. The van der Waals surface area contributed by atoms with Crippen LogP contribution in [0.15, 0.2) is 18.2 Å². The Morgan fingerprint density at radius 2 is 2.00 bits per heavy atom. The minimum Gasteiger partial charge on any atom is -0.310 e. The molecule has 1 heterocycles. The molecule has 0 radical (unpaired) electrons. The molecule has 0 unspecified atom stereocenters. The number of nitro benzene ring substituents is 1. The van der Waals surface area contributed by atoms with Crippen molar-refractivity contribution < 1.29 is 13.3 Å². The van der Waals surface area contributed by atoms with Crippen molar-refractivity contribution in [2.75, 3.05) is 11.5 Å². The van der Waals surface area contributed by atoms with Gasteiger partial charge in [0.15, 0.2) is 0 Å². The lowest BCUT2D eigenvalue weighted by Gasteiger charge is -2.23. The van der Waals surface area contributed by atoms with E-state index in [-0.39, 0.29) is 28.2 Å². The van der Waals surface area contributed by atoms with Crippen molar-refractivity contribution in [2.24, 2.45) is 0 Å². The van der Waals surface area contributed by atoms with Crippen LogP contribution < -0.4 is 5.32 Å². The van der Waals surface area contributed by atoms with Gasteiger partial charge < -0.3 is 5.32 Å². The highest BCUT2D eigenvalue weighted by atomic mass is 32.2. The zero-order valence-corrected chi connectivity index (χ0v) is 12.1. The Morgan fingerprint density at radius 3 is 2.60 bits per heavy atom. The molecule has 0 atom stereocenters. The second-order valence-electron chi connectivity index (χ2n) is 5.13. The summed E-state index contributed by atoms with van der Waals surface area (Å²) in [5.41, 5.74) is 1.66. The molecule has 7 heteroatoms. The van der Waals surface area contributed by atoms with Crippen LogP contribution in [0.2, 0.25) is 0 Å². The van der Waals surface area contributed by atoms with Crippen LogP contribution in [0.1, 0.15) is 24.0 Å². The second kappa shape index (κ2) is 5.88. The molecular weight excluding hydrogens is 280 g/mol. The number of nitro groups is 1. The van der Waals surface area contributed by atoms with Crippen molar-refractivity contribution >= 4 is 15.5 Å². The topological polar surface area (TPSA) is 89.3 Å². The zero-order valence-electron chi connectivity index (χ0n) is 11.3. The number of nitrogens with one attached hydrogen (secondary N) is 1. The van der Waals surface area contributed by atoms with Crippen LogP contribution >= 0.6 is 0 Å². The number of sulfone groups is 1. The van der Waals surface area contributed by atoms with Gasteiger partial charge in [-0.05, 0) is 25.3 Å². The Bertz CT molecular complexity index is 599. The number of rotatable bonds is 4. The van der Waals surface area contributed by atoms with Crippen molar-refractivity contribution in [1.82, 2.24) is 5.32 Å². The number of hydrogen-bond donors (Lipinski definition) is 1. The first-order valence-corrected chi connectivity index (χ1v) is 8.38. The molecule has 1 aromatic carbocycles. The average Bonchev–Trinajstić information content (AvgIpc) is 2.38. The summed E-state index contributed by atoms with van der Waals surface area (Å²) in [6, 6.07) is 5.19. The third-order valence-electron chi connectivity index (χ3n) is 3.75. The van der Waals surface area contributed by atoms with E-state index < -0.39 is 9.84 Å². The molecular formula is C13H18N2O4S. The molecule has 1 aliphatic rings. The van der Waals surface area contributed by atoms with Gasteiger partial charge in [0.05, 0.1) is 16.4 Å². The van der Waals surface area contributed by atoms with Crippen LogP contribution in [0, 0.1) is 17.0 Å². The molecule has 0 spiro atoms. The normalized spacial score (nSPS) is 18.9. The molecule has 1 fully saturated rings. The van der Waals surface area contributed by atoms with E-state index in [2.05, 4.69) is 5.32 Å². The Morgan fingerprint density at radius 1 is 1.35 bits per heavy atom. The van der Waals surface area contributed by atoms with Crippen LogP contribution in [0.4, 0.5) is 5.69 Å². The molecule has 1 saturated heterocycles. The fourth-order valence-electron chi connectivity index (χ4n) is 2.41. The summed E-state index contributed by atoms with van der Waals surface area (Å²) < 4.78 is 22.7. The minimum atomic E-state index is -2.85. The predicted octanol–water partition coefficient (Wildman–Crippen LogP) is 1.57. The molecule has 0 aliphatic carbocycles. The minimum absolute atomic E-state index is 0.121. The highest BCUT2D eigenvalue weighted by Crippen LogP contribution is 2.21. The van der Waals surface area contributed by atoms with Crippen LogP contribution in [0.3, 0.4) is 0 Å². The zero-order chi connectivity index (χ0) is 14.8. The van der Waals surface area contributed by atoms with Crippen molar-refractivity contribution in [3.63, 3.8) is 0 Å². The van der Waals surface area contributed by atoms with E-state index in [0.29, 0.717) is 24.9 Å². The molecule has 0 amide bonds.